The van der Waals surface area contributed by atoms with E-state index in [9.17, 15) is 0 Å². The van der Waals surface area contributed by atoms with Crippen LogP contribution in [0.2, 0.25) is 0 Å². The fourth-order valence-electron chi connectivity index (χ4n) is 0.957. The van der Waals surface area contributed by atoms with Crippen LogP contribution in [0.4, 0.5) is 0 Å². The van der Waals surface area contributed by atoms with Crippen LogP contribution in [-0.2, 0) is 9.47 Å². The molecule has 0 aromatic heterocycles. The molecule has 0 fully saturated rings. The van der Waals surface area contributed by atoms with E-state index in [0.717, 1.165) is 0 Å². The molecular formula is C8H19NO3. The van der Waals surface area contributed by atoms with Crippen LogP contribution in [0.25, 0.3) is 0 Å². The average Bonchev–Trinajstić information content (AvgIpc) is 2.03. The van der Waals surface area contributed by atoms with Crippen molar-refractivity contribution in [2.75, 3.05) is 20.8 Å². The van der Waals surface area contributed by atoms with Crippen molar-refractivity contribution in [3.8, 4) is 0 Å². The van der Waals surface area contributed by atoms with Gasteiger partial charge in [0, 0.05) is 20.8 Å². The predicted molar refractivity (Wildman–Crippen MR) is 47.0 cm³/mol. The maximum atomic E-state index is 8.98. The quantitative estimate of drug-likeness (QED) is 0.559. The molecule has 4 nitrogen and oxygen atoms in total. The normalized spacial score (nSPS) is 16.5. The Morgan fingerprint density at radius 2 is 1.75 bits per heavy atom. The third kappa shape index (κ3) is 4.66. The van der Waals surface area contributed by atoms with E-state index in [2.05, 4.69) is 5.32 Å². The maximum absolute atomic E-state index is 8.98. The Bertz CT molecular complexity index is 104. The molecule has 0 rings (SSSR count). The van der Waals surface area contributed by atoms with E-state index in [-0.39, 0.29) is 18.4 Å². The average molecular weight is 177 g/mol. The molecule has 0 saturated carbocycles. The molecule has 4 heteroatoms. The standard InChI is InChI=1S/C8H19NO3/c1-6(10)5-9-7(2)8(11-3)12-4/h6-10H,5H2,1-4H3. The fraction of sp³-hybridized carbons (Fsp3) is 1.00. The van der Waals surface area contributed by atoms with Gasteiger partial charge in [0.25, 0.3) is 0 Å². The third-order valence-corrected chi connectivity index (χ3v) is 1.61. The lowest BCUT2D eigenvalue weighted by Gasteiger charge is -2.22. The maximum Gasteiger partial charge on any atom is 0.171 e. The van der Waals surface area contributed by atoms with Gasteiger partial charge in [0.1, 0.15) is 0 Å². The largest absolute Gasteiger partial charge is 0.392 e. The number of hydrogen-bond acceptors (Lipinski definition) is 4. The van der Waals surface area contributed by atoms with Crippen molar-refractivity contribution >= 4 is 0 Å². The minimum atomic E-state index is -0.346. The van der Waals surface area contributed by atoms with Gasteiger partial charge in [0.2, 0.25) is 0 Å². The Labute approximate surface area is 73.9 Å². The second-order valence-electron chi connectivity index (χ2n) is 2.89. The first kappa shape index (κ1) is 11.8. The Morgan fingerprint density at radius 1 is 1.25 bits per heavy atom. The molecule has 0 radical (unpaired) electrons. The van der Waals surface area contributed by atoms with Gasteiger partial charge < -0.3 is 19.9 Å². The van der Waals surface area contributed by atoms with Gasteiger partial charge in [-0.3, -0.25) is 0 Å². The van der Waals surface area contributed by atoms with E-state index in [1.807, 2.05) is 6.92 Å². The van der Waals surface area contributed by atoms with Crippen LogP contribution in [0, 0.1) is 0 Å². The van der Waals surface area contributed by atoms with Crippen LogP contribution in [0.15, 0.2) is 0 Å². The Kier molecular flexibility index (Phi) is 6.28. The van der Waals surface area contributed by atoms with E-state index < -0.39 is 0 Å². The smallest absolute Gasteiger partial charge is 0.171 e. The fourth-order valence-corrected chi connectivity index (χ4v) is 0.957. The van der Waals surface area contributed by atoms with Gasteiger partial charge in [0.05, 0.1) is 12.1 Å². The molecule has 2 unspecified atom stereocenters. The minimum Gasteiger partial charge on any atom is -0.392 e. The number of aliphatic hydroxyl groups excluding tert-OH is 1. The molecule has 0 spiro atoms. The lowest BCUT2D eigenvalue weighted by molar-refractivity contribution is -0.120. The monoisotopic (exact) mass is 177 g/mol. The first-order chi connectivity index (χ1) is 5.61. The van der Waals surface area contributed by atoms with Crippen molar-refractivity contribution in [2.45, 2.75) is 32.3 Å². The van der Waals surface area contributed by atoms with E-state index in [1.165, 1.54) is 0 Å². The summed E-state index contributed by atoms with van der Waals surface area (Å²) < 4.78 is 10.1. The molecule has 0 bridgehead atoms. The lowest BCUT2D eigenvalue weighted by Crippen LogP contribution is -2.42. The summed E-state index contributed by atoms with van der Waals surface area (Å²) >= 11 is 0. The summed E-state index contributed by atoms with van der Waals surface area (Å²) in [5.41, 5.74) is 0. The first-order valence-electron chi connectivity index (χ1n) is 4.08. The summed E-state index contributed by atoms with van der Waals surface area (Å²) in [7, 11) is 3.18. The summed E-state index contributed by atoms with van der Waals surface area (Å²) in [4.78, 5) is 0. The minimum absolute atomic E-state index is 0.0783. The summed E-state index contributed by atoms with van der Waals surface area (Å²) in [6, 6.07) is 0.0783. The zero-order chi connectivity index (χ0) is 9.56. The molecule has 0 aromatic rings. The summed E-state index contributed by atoms with van der Waals surface area (Å²) in [6.07, 6.45) is -0.606. The van der Waals surface area contributed by atoms with Crippen LogP contribution in [0.5, 0.6) is 0 Å². The van der Waals surface area contributed by atoms with Crippen molar-refractivity contribution in [1.82, 2.24) is 5.32 Å². The summed E-state index contributed by atoms with van der Waals surface area (Å²) in [5, 5.41) is 12.1. The van der Waals surface area contributed by atoms with Crippen LogP contribution >= 0.6 is 0 Å². The second kappa shape index (κ2) is 6.37. The van der Waals surface area contributed by atoms with Crippen molar-refractivity contribution in [3.63, 3.8) is 0 Å². The van der Waals surface area contributed by atoms with Crippen LogP contribution in [0.1, 0.15) is 13.8 Å². The van der Waals surface area contributed by atoms with Crippen molar-refractivity contribution < 1.29 is 14.6 Å². The number of methoxy groups -OCH3 is 2. The van der Waals surface area contributed by atoms with Crippen molar-refractivity contribution in [1.29, 1.82) is 0 Å². The van der Waals surface area contributed by atoms with E-state index in [4.69, 9.17) is 14.6 Å². The highest BCUT2D eigenvalue weighted by Gasteiger charge is 2.14. The number of hydrogen-bond donors (Lipinski definition) is 2. The zero-order valence-electron chi connectivity index (χ0n) is 8.20. The Morgan fingerprint density at radius 3 is 2.08 bits per heavy atom. The summed E-state index contributed by atoms with van der Waals surface area (Å²) in [6.45, 7) is 4.22. The highest BCUT2D eigenvalue weighted by Crippen LogP contribution is 1.97. The molecule has 0 amide bonds. The van der Waals surface area contributed by atoms with Gasteiger partial charge in [-0.25, -0.2) is 0 Å². The molecule has 12 heavy (non-hydrogen) atoms. The molecule has 74 valence electrons. The number of rotatable bonds is 6. The predicted octanol–water partition coefficient (Wildman–Crippen LogP) is -0.0358. The second-order valence-corrected chi connectivity index (χ2v) is 2.89. The molecule has 0 heterocycles. The molecule has 2 N–H and O–H groups in total. The van der Waals surface area contributed by atoms with Crippen LogP contribution < -0.4 is 5.32 Å². The van der Waals surface area contributed by atoms with Crippen molar-refractivity contribution in [3.05, 3.63) is 0 Å². The first-order valence-corrected chi connectivity index (χ1v) is 4.08. The van der Waals surface area contributed by atoms with Gasteiger partial charge in [-0.15, -0.1) is 0 Å². The van der Waals surface area contributed by atoms with E-state index in [0.29, 0.717) is 6.54 Å². The van der Waals surface area contributed by atoms with Gasteiger partial charge in [-0.05, 0) is 13.8 Å². The molecule has 0 saturated heterocycles. The summed E-state index contributed by atoms with van der Waals surface area (Å²) in [5.74, 6) is 0. The third-order valence-electron chi connectivity index (χ3n) is 1.61. The van der Waals surface area contributed by atoms with Gasteiger partial charge >= 0.3 is 0 Å². The topological polar surface area (TPSA) is 50.7 Å². The van der Waals surface area contributed by atoms with Crippen LogP contribution in [0.3, 0.4) is 0 Å². The van der Waals surface area contributed by atoms with Crippen molar-refractivity contribution in [2.24, 2.45) is 0 Å². The lowest BCUT2D eigenvalue weighted by atomic mass is 10.3. The molecular weight excluding hydrogens is 158 g/mol. The Balaban J connectivity index is 3.61. The molecule has 0 aromatic carbocycles. The number of nitrogens with one attached hydrogen (secondary N) is 1. The van der Waals surface area contributed by atoms with Crippen LogP contribution in [-0.4, -0.2) is 44.3 Å². The SMILES string of the molecule is COC(OC)C(C)NCC(C)O. The van der Waals surface area contributed by atoms with Gasteiger partial charge in [0.15, 0.2) is 6.29 Å². The highest BCUT2D eigenvalue weighted by molar-refractivity contribution is 4.65. The molecule has 0 aliphatic carbocycles. The number of aliphatic hydroxyl groups is 1. The molecule has 0 aliphatic heterocycles. The van der Waals surface area contributed by atoms with E-state index >= 15 is 0 Å². The number of ether oxygens (including phenoxy) is 2. The van der Waals surface area contributed by atoms with E-state index in [1.54, 1.807) is 21.1 Å². The molecule has 0 aliphatic rings. The molecule has 2 atom stereocenters. The van der Waals surface area contributed by atoms with Gasteiger partial charge in [-0.2, -0.15) is 0 Å². The highest BCUT2D eigenvalue weighted by atomic mass is 16.7. The Hall–Kier alpha value is -0.160. The van der Waals surface area contributed by atoms with Gasteiger partial charge in [-0.1, -0.05) is 0 Å². The zero-order valence-corrected chi connectivity index (χ0v) is 8.20.